The summed E-state index contributed by atoms with van der Waals surface area (Å²) in [6, 6.07) is 0.190. The molecular formula is C24H27F3N4O3. The van der Waals surface area contributed by atoms with E-state index in [0.717, 1.165) is 51.1 Å². The molecule has 2 aromatic rings. The number of rotatable bonds is 5. The number of piperidine rings is 1. The van der Waals surface area contributed by atoms with Gasteiger partial charge < -0.3 is 14.8 Å². The van der Waals surface area contributed by atoms with Crippen LogP contribution in [-0.2, 0) is 0 Å². The van der Waals surface area contributed by atoms with Crippen molar-refractivity contribution >= 4 is 11.8 Å². The van der Waals surface area contributed by atoms with Gasteiger partial charge in [0.15, 0.2) is 6.04 Å². The van der Waals surface area contributed by atoms with Gasteiger partial charge in [-0.15, -0.1) is 0 Å². The number of hydrogen-bond acceptors (Lipinski definition) is 4. The van der Waals surface area contributed by atoms with Crippen molar-refractivity contribution in [1.82, 2.24) is 19.8 Å². The Hall–Kier alpha value is -3.17. The molecule has 2 fully saturated rings. The van der Waals surface area contributed by atoms with E-state index in [9.17, 15) is 27.6 Å². The summed E-state index contributed by atoms with van der Waals surface area (Å²) in [6.45, 7) is 1.02. The maximum atomic E-state index is 13.8. The highest BCUT2D eigenvalue weighted by Crippen LogP contribution is 2.33. The van der Waals surface area contributed by atoms with Crippen LogP contribution in [0.4, 0.5) is 13.2 Å². The highest BCUT2D eigenvalue weighted by molar-refractivity contribution is 5.99. The molecule has 0 spiro atoms. The molecule has 1 saturated carbocycles. The van der Waals surface area contributed by atoms with Gasteiger partial charge in [0.2, 0.25) is 5.43 Å². The molecule has 1 aliphatic carbocycles. The number of halogens is 3. The van der Waals surface area contributed by atoms with E-state index in [0.29, 0.717) is 13.1 Å². The number of carbonyl (C=O) groups excluding carboxylic acids is 2. The number of amides is 2. The van der Waals surface area contributed by atoms with Gasteiger partial charge in [0.1, 0.15) is 11.1 Å². The summed E-state index contributed by atoms with van der Waals surface area (Å²) in [6.07, 6.45) is 6.48. The van der Waals surface area contributed by atoms with E-state index in [2.05, 4.69) is 4.98 Å². The summed E-state index contributed by atoms with van der Waals surface area (Å²) in [4.78, 5) is 44.7. The second kappa shape index (κ2) is 9.99. The molecule has 3 heterocycles. The van der Waals surface area contributed by atoms with Crippen molar-refractivity contribution in [2.75, 3.05) is 13.1 Å². The second-order valence-corrected chi connectivity index (χ2v) is 8.89. The van der Waals surface area contributed by atoms with E-state index in [1.165, 1.54) is 30.7 Å². The predicted octanol–water partition coefficient (Wildman–Crippen LogP) is 4.02. The molecule has 4 rings (SSSR count). The number of alkyl halides is 3. The monoisotopic (exact) mass is 476 g/mol. The second-order valence-electron chi connectivity index (χ2n) is 8.89. The summed E-state index contributed by atoms with van der Waals surface area (Å²) < 4.78 is 43.0. The lowest BCUT2D eigenvalue weighted by Crippen LogP contribution is -2.42. The van der Waals surface area contributed by atoms with Crippen LogP contribution in [0.1, 0.15) is 83.3 Å². The Morgan fingerprint density at radius 2 is 1.71 bits per heavy atom. The molecule has 2 aromatic heterocycles. The van der Waals surface area contributed by atoms with Crippen molar-refractivity contribution in [2.45, 2.75) is 63.2 Å². The number of nitrogens with one attached hydrogen (secondary N) is 1. The molecule has 10 heteroatoms. The lowest BCUT2D eigenvalue weighted by molar-refractivity contribution is -0.155. The third-order valence-corrected chi connectivity index (χ3v) is 6.53. The SMILES string of the molecule is O=C(NC(c1cccnc1)C(F)(F)F)c1cn(C2CCCC2)cc(C(=O)N2CCCCC2)c1=O. The van der Waals surface area contributed by atoms with Gasteiger partial charge in [-0.2, -0.15) is 13.2 Å². The first-order valence-electron chi connectivity index (χ1n) is 11.6. The fraction of sp³-hybridized carbons (Fsp3) is 0.500. The van der Waals surface area contributed by atoms with Crippen LogP contribution in [0, 0.1) is 0 Å². The number of nitrogens with zero attached hydrogens (tertiary/aromatic N) is 3. The number of likely N-dealkylation sites (tertiary alicyclic amines) is 1. The molecule has 0 radical (unpaired) electrons. The normalized spacial score (nSPS) is 18.0. The van der Waals surface area contributed by atoms with Gasteiger partial charge in [-0.1, -0.05) is 18.9 Å². The number of aromatic nitrogens is 2. The van der Waals surface area contributed by atoms with Gasteiger partial charge in [0.05, 0.1) is 0 Å². The molecule has 0 aromatic carbocycles. The maximum Gasteiger partial charge on any atom is 0.412 e. The van der Waals surface area contributed by atoms with Gasteiger partial charge in [-0.25, -0.2) is 0 Å². The van der Waals surface area contributed by atoms with Crippen molar-refractivity contribution in [3.05, 3.63) is 63.8 Å². The van der Waals surface area contributed by atoms with E-state index < -0.39 is 35.0 Å². The van der Waals surface area contributed by atoms with Gasteiger partial charge in [0, 0.05) is 49.5 Å². The Morgan fingerprint density at radius 3 is 2.32 bits per heavy atom. The number of hydrogen-bond donors (Lipinski definition) is 1. The first kappa shape index (κ1) is 24.0. The topological polar surface area (TPSA) is 84.3 Å². The zero-order valence-electron chi connectivity index (χ0n) is 18.7. The van der Waals surface area contributed by atoms with Gasteiger partial charge in [-0.05, 0) is 38.2 Å². The van der Waals surface area contributed by atoms with Gasteiger partial charge >= 0.3 is 6.18 Å². The molecule has 0 bridgehead atoms. The Kier molecular flexibility index (Phi) is 7.04. The van der Waals surface area contributed by atoms with Crippen LogP contribution in [0.15, 0.2) is 41.7 Å². The lowest BCUT2D eigenvalue weighted by atomic mass is 10.1. The smallest absolute Gasteiger partial charge is 0.349 e. The molecule has 182 valence electrons. The molecule has 2 aliphatic rings. The predicted molar refractivity (Wildman–Crippen MR) is 118 cm³/mol. The number of pyridine rings is 2. The summed E-state index contributed by atoms with van der Waals surface area (Å²) >= 11 is 0. The molecule has 1 saturated heterocycles. The van der Waals surface area contributed by atoms with Crippen LogP contribution in [-0.4, -0.2) is 45.5 Å². The third-order valence-electron chi connectivity index (χ3n) is 6.53. The summed E-state index contributed by atoms with van der Waals surface area (Å²) in [5.41, 5.74) is -1.74. The van der Waals surface area contributed by atoms with Crippen LogP contribution < -0.4 is 10.7 Å². The van der Waals surface area contributed by atoms with E-state index >= 15 is 0 Å². The van der Waals surface area contributed by atoms with Crippen LogP contribution in [0.2, 0.25) is 0 Å². The summed E-state index contributed by atoms with van der Waals surface area (Å²) in [5, 5.41) is 1.95. The van der Waals surface area contributed by atoms with Crippen molar-refractivity contribution in [1.29, 1.82) is 0 Å². The van der Waals surface area contributed by atoms with E-state index in [1.807, 2.05) is 5.32 Å². The zero-order chi connectivity index (χ0) is 24.3. The molecule has 34 heavy (non-hydrogen) atoms. The molecule has 1 atom stereocenters. The first-order valence-corrected chi connectivity index (χ1v) is 11.6. The number of carbonyl (C=O) groups is 2. The Bertz CT molecular complexity index is 1090. The van der Waals surface area contributed by atoms with Crippen molar-refractivity contribution in [3.63, 3.8) is 0 Å². The fourth-order valence-electron chi connectivity index (χ4n) is 4.70. The highest BCUT2D eigenvalue weighted by Gasteiger charge is 2.42. The van der Waals surface area contributed by atoms with Gasteiger partial charge in [-0.3, -0.25) is 19.4 Å². The highest BCUT2D eigenvalue weighted by atomic mass is 19.4. The molecule has 1 N–H and O–H groups in total. The van der Waals surface area contributed by atoms with Gasteiger partial charge in [0.25, 0.3) is 11.8 Å². The van der Waals surface area contributed by atoms with Crippen molar-refractivity contribution in [2.24, 2.45) is 0 Å². The van der Waals surface area contributed by atoms with Crippen molar-refractivity contribution < 1.29 is 22.8 Å². The Labute approximate surface area is 195 Å². The largest absolute Gasteiger partial charge is 0.412 e. The summed E-state index contributed by atoms with van der Waals surface area (Å²) in [7, 11) is 0. The molecular weight excluding hydrogens is 449 g/mol. The van der Waals surface area contributed by atoms with Crippen LogP contribution in [0.5, 0.6) is 0 Å². The molecule has 1 unspecified atom stereocenters. The van der Waals surface area contributed by atoms with Crippen molar-refractivity contribution in [3.8, 4) is 0 Å². The third kappa shape index (κ3) is 5.15. The minimum Gasteiger partial charge on any atom is -0.349 e. The quantitative estimate of drug-likeness (QED) is 0.707. The van der Waals surface area contributed by atoms with E-state index in [4.69, 9.17) is 0 Å². The summed E-state index contributed by atoms with van der Waals surface area (Å²) in [5.74, 6) is -1.65. The Morgan fingerprint density at radius 1 is 1.03 bits per heavy atom. The lowest BCUT2D eigenvalue weighted by Gasteiger charge is -2.27. The van der Waals surface area contributed by atoms with E-state index in [1.54, 1.807) is 9.47 Å². The standard InChI is InChI=1S/C24H27F3N4O3/c25-24(26,27)21(16-7-6-10-28-13-16)29-22(33)18-14-31(17-8-2-3-9-17)15-19(20(18)32)23(34)30-11-4-1-5-12-30/h6-7,10,13-15,17,21H,1-5,8-9,11-12H2,(H,29,33). The average molecular weight is 476 g/mol. The minimum atomic E-state index is -4.80. The van der Waals surface area contributed by atoms with Crippen LogP contribution >= 0.6 is 0 Å². The fourth-order valence-corrected chi connectivity index (χ4v) is 4.70. The molecule has 7 nitrogen and oxygen atoms in total. The minimum absolute atomic E-state index is 0.0169. The Balaban J connectivity index is 1.72. The average Bonchev–Trinajstić information content (AvgIpc) is 3.37. The van der Waals surface area contributed by atoms with Crippen LogP contribution in [0.25, 0.3) is 0 Å². The maximum absolute atomic E-state index is 13.8. The van der Waals surface area contributed by atoms with E-state index in [-0.39, 0.29) is 17.2 Å². The first-order chi connectivity index (χ1) is 16.3. The van der Waals surface area contributed by atoms with Crippen LogP contribution in [0.3, 0.4) is 0 Å². The molecule has 2 amide bonds. The molecule has 1 aliphatic heterocycles. The zero-order valence-corrected chi connectivity index (χ0v) is 18.7.